The van der Waals surface area contributed by atoms with Crippen LogP contribution in [0.4, 0.5) is 0 Å². The zero-order chi connectivity index (χ0) is 13.5. The van der Waals surface area contributed by atoms with Crippen molar-refractivity contribution >= 4 is 31.5 Å². The van der Waals surface area contributed by atoms with Crippen molar-refractivity contribution in [1.29, 1.82) is 0 Å². The van der Waals surface area contributed by atoms with Gasteiger partial charge in [0, 0.05) is 33.4 Å². The third-order valence-corrected chi connectivity index (χ3v) is 4.46. The molecule has 96 valence electrons. The van der Waals surface area contributed by atoms with Crippen LogP contribution in [0.5, 0.6) is 5.75 Å². The Morgan fingerprint density at radius 3 is 2.75 bits per heavy atom. The Hall–Kier alpha value is -2.46. The van der Waals surface area contributed by atoms with Gasteiger partial charge < -0.3 is 5.11 Å². The number of hydrogen-bond acceptors (Lipinski definition) is 4. The average Bonchev–Trinajstić information content (AvgIpc) is 2.85. The Labute approximate surface area is 119 Å². The summed E-state index contributed by atoms with van der Waals surface area (Å²) < 4.78 is 2.41. The molecule has 4 rings (SSSR count). The van der Waals surface area contributed by atoms with Crippen LogP contribution in [0.2, 0.25) is 0 Å². The largest absolute Gasteiger partial charge is 0.506 e. The van der Waals surface area contributed by atoms with Crippen LogP contribution < -0.4 is 0 Å². The number of fused-ring (bicyclic) bond motifs is 3. The predicted molar refractivity (Wildman–Crippen MR) is 82.0 cm³/mol. The van der Waals surface area contributed by atoms with E-state index in [4.69, 9.17) is 0 Å². The zero-order valence-electron chi connectivity index (χ0n) is 10.4. The highest BCUT2D eigenvalue weighted by atomic mass is 32.1. The van der Waals surface area contributed by atoms with Gasteiger partial charge >= 0.3 is 0 Å². The minimum atomic E-state index is 0.152. The van der Waals surface area contributed by atoms with Crippen molar-refractivity contribution in [3.63, 3.8) is 0 Å². The molecule has 4 aromatic rings. The van der Waals surface area contributed by atoms with E-state index in [0.29, 0.717) is 5.56 Å². The Morgan fingerprint density at radius 2 is 1.85 bits per heavy atom. The standard InChI is InChI=1S/C16H10N2OS/c19-14-8-17-6-5-11(14)13-7-12-10-3-1-2-4-15(10)20-16(12)9-18-13/h1-9,19H. The van der Waals surface area contributed by atoms with Crippen molar-refractivity contribution in [1.82, 2.24) is 9.97 Å². The molecule has 3 aromatic heterocycles. The third kappa shape index (κ3) is 1.66. The van der Waals surface area contributed by atoms with E-state index in [1.807, 2.05) is 24.4 Å². The van der Waals surface area contributed by atoms with E-state index >= 15 is 0 Å². The highest BCUT2D eigenvalue weighted by molar-refractivity contribution is 7.25. The maximum atomic E-state index is 9.90. The molecule has 3 heterocycles. The molecule has 0 bridgehead atoms. The number of benzene rings is 1. The Bertz CT molecular complexity index is 930. The van der Waals surface area contributed by atoms with Crippen LogP contribution in [-0.4, -0.2) is 15.1 Å². The van der Waals surface area contributed by atoms with E-state index in [1.54, 1.807) is 23.6 Å². The topological polar surface area (TPSA) is 46.0 Å². The first-order valence-corrected chi connectivity index (χ1v) is 7.05. The third-order valence-electron chi connectivity index (χ3n) is 3.34. The van der Waals surface area contributed by atoms with Gasteiger partial charge in [-0.2, -0.15) is 0 Å². The Kier molecular flexibility index (Phi) is 2.44. The number of hydrogen-bond donors (Lipinski definition) is 1. The highest BCUT2D eigenvalue weighted by Crippen LogP contribution is 2.36. The molecule has 0 unspecified atom stereocenters. The van der Waals surface area contributed by atoms with Crippen molar-refractivity contribution < 1.29 is 5.11 Å². The second-order valence-corrected chi connectivity index (χ2v) is 5.64. The summed E-state index contributed by atoms with van der Waals surface area (Å²) in [5, 5.41) is 12.3. The first-order valence-electron chi connectivity index (χ1n) is 6.23. The van der Waals surface area contributed by atoms with Crippen molar-refractivity contribution in [2.75, 3.05) is 0 Å². The van der Waals surface area contributed by atoms with Crippen LogP contribution in [0.25, 0.3) is 31.4 Å². The zero-order valence-corrected chi connectivity index (χ0v) is 11.3. The Morgan fingerprint density at radius 1 is 0.950 bits per heavy atom. The molecule has 3 nitrogen and oxygen atoms in total. The molecule has 4 heteroatoms. The van der Waals surface area contributed by atoms with Crippen molar-refractivity contribution in [2.45, 2.75) is 0 Å². The number of thiophene rings is 1. The summed E-state index contributed by atoms with van der Waals surface area (Å²) in [6, 6.07) is 12.1. The van der Waals surface area contributed by atoms with E-state index in [-0.39, 0.29) is 5.75 Å². The average molecular weight is 278 g/mol. The molecule has 1 aromatic carbocycles. The predicted octanol–water partition coefficient (Wildman–Crippen LogP) is 4.22. The van der Waals surface area contributed by atoms with E-state index in [9.17, 15) is 5.11 Å². The molecule has 0 aliphatic carbocycles. The number of aromatic nitrogens is 2. The van der Waals surface area contributed by atoms with Gasteiger partial charge in [-0.05, 0) is 18.2 Å². The van der Waals surface area contributed by atoms with Crippen LogP contribution in [0.15, 0.2) is 55.0 Å². The Balaban J connectivity index is 2.03. The van der Waals surface area contributed by atoms with Crippen LogP contribution in [0.1, 0.15) is 0 Å². The fourth-order valence-corrected chi connectivity index (χ4v) is 3.44. The first-order chi connectivity index (χ1) is 9.83. The molecule has 0 aliphatic rings. The van der Waals surface area contributed by atoms with E-state index in [0.717, 1.165) is 10.4 Å². The highest BCUT2D eigenvalue weighted by Gasteiger charge is 2.09. The van der Waals surface area contributed by atoms with Crippen LogP contribution in [0.3, 0.4) is 0 Å². The number of nitrogens with zero attached hydrogens (tertiary/aromatic N) is 2. The summed E-state index contributed by atoms with van der Waals surface area (Å²) >= 11 is 1.73. The van der Waals surface area contributed by atoms with Crippen molar-refractivity contribution in [3.8, 4) is 17.0 Å². The molecule has 0 amide bonds. The molecule has 0 spiro atoms. The molecule has 0 saturated carbocycles. The molecule has 0 saturated heterocycles. The number of pyridine rings is 2. The smallest absolute Gasteiger partial charge is 0.143 e. The van der Waals surface area contributed by atoms with Gasteiger partial charge in [-0.1, -0.05) is 18.2 Å². The van der Waals surface area contributed by atoms with Gasteiger partial charge in [0.05, 0.1) is 16.6 Å². The normalized spacial score (nSPS) is 11.2. The summed E-state index contributed by atoms with van der Waals surface area (Å²) in [4.78, 5) is 8.35. The lowest BCUT2D eigenvalue weighted by Crippen LogP contribution is -1.84. The summed E-state index contributed by atoms with van der Waals surface area (Å²) in [7, 11) is 0. The second-order valence-electron chi connectivity index (χ2n) is 4.56. The summed E-state index contributed by atoms with van der Waals surface area (Å²) in [6.07, 6.45) is 4.97. The van der Waals surface area contributed by atoms with E-state index < -0.39 is 0 Å². The lowest BCUT2D eigenvalue weighted by atomic mass is 10.1. The lowest BCUT2D eigenvalue weighted by Gasteiger charge is -2.03. The molecule has 0 fully saturated rings. The quantitative estimate of drug-likeness (QED) is 0.567. The van der Waals surface area contributed by atoms with Gasteiger partial charge in [-0.25, -0.2) is 0 Å². The monoisotopic (exact) mass is 278 g/mol. The maximum Gasteiger partial charge on any atom is 0.143 e. The molecular weight excluding hydrogens is 268 g/mol. The minimum absolute atomic E-state index is 0.152. The van der Waals surface area contributed by atoms with E-state index in [1.165, 1.54) is 21.7 Å². The fraction of sp³-hybridized carbons (Fsp3) is 0. The SMILES string of the molecule is Oc1cnccc1-c1cc2c(cn1)sc1ccccc12. The molecule has 1 N–H and O–H groups in total. The van der Waals surface area contributed by atoms with Gasteiger partial charge in [0.15, 0.2) is 0 Å². The van der Waals surface area contributed by atoms with Gasteiger partial charge in [0.25, 0.3) is 0 Å². The van der Waals surface area contributed by atoms with Crippen LogP contribution in [0, 0.1) is 0 Å². The fourth-order valence-electron chi connectivity index (χ4n) is 2.38. The van der Waals surface area contributed by atoms with Crippen LogP contribution in [-0.2, 0) is 0 Å². The molecule has 0 atom stereocenters. The minimum Gasteiger partial charge on any atom is -0.506 e. The van der Waals surface area contributed by atoms with E-state index in [2.05, 4.69) is 22.1 Å². The molecule has 0 radical (unpaired) electrons. The summed E-state index contributed by atoms with van der Waals surface area (Å²) in [5.74, 6) is 0.152. The number of aromatic hydroxyl groups is 1. The molecular formula is C16H10N2OS. The maximum absolute atomic E-state index is 9.90. The van der Waals surface area contributed by atoms with Gasteiger partial charge in [0.2, 0.25) is 0 Å². The summed E-state index contributed by atoms with van der Waals surface area (Å²) in [6.45, 7) is 0. The molecule has 0 aliphatic heterocycles. The van der Waals surface area contributed by atoms with Gasteiger partial charge in [-0.3, -0.25) is 9.97 Å². The second kappa shape index (κ2) is 4.28. The molecule has 20 heavy (non-hydrogen) atoms. The summed E-state index contributed by atoms with van der Waals surface area (Å²) in [5.41, 5.74) is 1.47. The van der Waals surface area contributed by atoms with Gasteiger partial charge in [0.1, 0.15) is 5.75 Å². The van der Waals surface area contributed by atoms with Gasteiger partial charge in [-0.15, -0.1) is 11.3 Å². The first kappa shape index (κ1) is 11.4. The van der Waals surface area contributed by atoms with Crippen LogP contribution >= 0.6 is 11.3 Å². The lowest BCUT2D eigenvalue weighted by molar-refractivity contribution is 0.474. The van der Waals surface area contributed by atoms with Crippen molar-refractivity contribution in [3.05, 3.63) is 55.0 Å². The number of rotatable bonds is 1. The van der Waals surface area contributed by atoms with Crippen molar-refractivity contribution in [2.24, 2.45) is 0 Å².